The molecule has 0 saturated carbocycles. The van der Waals surface area contributed by atoms with Crippen LogP contribution in [0.3, 0.4) is 0 Å². The molecule has 0 heterocycles. The van der Waals surface area contributed by atoms with Crippen molar-refractivity contribution in [2.24, 2.45) is 5.92 Å². The monoisotopic (exact) mass is 247 g/mol. The molecule has 15 heavy (non-hydrogen) atoms. The van der Waals surface area contributed by atoms with Crippen molar-refractivity contribution in [2.75, 3.05) is 11.5 Å². The molecule has 0 unspecified atom stereocenters. The summed E-state index contributed by atoms with van der Waals surface area (Å²) in [7, 11) is -3.24. The van der Waals surface area contributed by atoms with Crippen molar-refractivity contribution < 1.29 is 8.42 Å². The van der Waals surface area contributed by atoms with Crippen LogP contribution in [0.1, 0.15) is 13.8 Å². The van der Waals surface area contributed by atoms with Gasteiger partial charge in [0, 0.05) is 0 Å². The summed E-state index contributed by atoms with van der Waals surface area (Å²) < 4.78 is 23.6. The first kappa shape index (κ1) is 12.3. The maximum atomic E-state index is 11.8. The number of nitrogens with two attached hydrogens (primary N) is 1. The van der Waals surface area contributed by atoms with Crippen LogP contribution in [-0.2, 0) is 9.84 Å². The molecule has 1 aromatic carbocycles. The summed E-state index contributed by atoms with van der Waals surface area (Å²) in [6, 6.07) is 4.39. The third-order valence-electron chi connectivity index (χ3n) is 1.88. The highest BCUT2D eigenvalue weighted by Crippen LogP contribution is 2.23. The summed E-state index contributed by atoms with van der Waals surface area (Å²) in [5.74, 6) is 0.207. The number of hydrogen-bond donors (Lipinski definition) is 1. The lowest BCUT2D eigenvalue weighted by Gasteiger charge is -2.08. The number of halogens is 1. The highest BCUT2D eigenvalue weighted by Gasteiger charge is 2.16. The molecule has 3 nitrogen and oxygen atoms in total. The third kappa shape index (κ3) is 3.11. The summed E-state index contributed by atoms with van der Waals surface area (Å²) in [4.78, 5) is 0.232. The normalized spacial score (nSPS) is 12.0. The van der Waals surface area contributed by atoms with Gasteiger partial charge >= 0.3 is 0 Å². The Labute approximate surface area is 95.2 Å². The van der Waals surface area contributed by atoms with Gasteiger partial charge in [-0.05, 0) is 24.1 Å². The topological polar surface area (TPSA) is 60.2 Å². The number of benzene rings is 1. The smallest absolute Gasteiger partial charge is 0.178 e. The van der Waals surface area contributed by atoms with Gasteiger partial charge in [0.25, 0.3) is 0 Å². The minimum atomic E-state index is -3.24. The molecule has 1 rings (SSSR count). The Morgan fingerprint density at radius 1 is 1.40 bits per heavy atom. The number of hydrogen-bond acceptors (Lipinski definition) is 3. The van der Waals surface area contributed by atoms with Crippen LogP contribution in [0, 0.1) is 5.92 Å². The van der Waals surface area contributed by atoms with Crippen molar-refractivity contribution in [3.63, 3.8) is 0 Å². The fraction of sp³-hybridized carbons (Fsp3) is 0.400. The van der Waals surface area contributed by atoms with Crippen molar-refractivity contribution >= 4 is 27.1 Å². The van der Waals surface area contributed by atoms with Crippen LogP contribution in [0.4, 0.5) is 5.69 Å². The van der Waals surface area contributed by atoms with Crippen LogP contribution in [-0.4, -0.2) is 14.2 Å². The lowest BCUT2D eigenvalue weighted by atomic mass is 10.3. The zero-order valence-electron chi connectivity index (χ0n) is 8.70. The van der Waals surface area contributed by atoms with Crippen molar-refractivity contribution in [2.45, 2.75) is 18.7 Å². The fourth-order valence-electron chi connectivity index (χ4n) is 1.24. The summed E-state index contributed by atoms with van der Waals surface area (Å²) >= 11 is 5.77. The molecule has 0 aliphatic heterocycles. The first-order valence-corrected chi connectivity index (χ1v) is 6.64. The van der Waals surface area contributed by atoms with E-state index in [-0.39, 0.29) is 21.6 Å². The zero-order chi connectivity index (χ0) is 11.6. The van der Waals surface area contributed by atoms with Gasteiger partial charge in [-0.3, -0.25) is 0 Å². The van der Waals surface area contributed by atoms with Gasteiger partial charge in [-0.2, -0.15) is 0 Å². The molecule has 0 amide bonds. The molecule has 0 saturated heterocycles. The standard InChI is InChI=1S/C10H14ClNO2S/c1-7(2)6-15(13,14)8-3-4-10(12)9(11)5-8/h3-5,7H,6,12H2,1-2H3. The fourth-order valence-corrected chi connectivity index (χ4v) is 3.12. The second kappa shape index (κ2) is 4.41. The van der Waals surface area contributed by atoms with Gasteiger partial charge in [-0.15, -0.1) is 0 Å². The first-order valence-electron chi connectivity index (χ1n) is 4.60. The molecule has 2 N–H and O–H groups in total. The number of nitrogen functional groups attached to an aromatic ring is 1. The lowest BCUT2D eigenvalue weighted by molar-refractivity contribution is 0.582. The van der Waals surface area contributed by atoms with Gasteiger partial charge < -0.3 is 5.73 Å². The van der Waals surface area contributed by atoms with E-state index in [1.165, 1.54) is 18.2 Å². The van der Waals surface area contributed by atoms with Gasteiger partial charge in [-0.1, -0.05) is 25.4 Å². The van der Waals surface area contributed by atoms with Crippen LogP contribution in [0.25, 0.3) is 0 Å². The lowest BCUT2D eigenvalue weighted by Crippen LogP contribution is -2.11. The Morgan fingerprint density at radius 3 is 2.47 bits per heavy atom. The SMILES string of the molecule is CC(C)CS(=O)(=O)c1ccc(N)c(Cl)c1. The van der Waals surface area contributed by atoms with E-state index < -0.39 is 9.84 Å². The van der Waals surface area contributed by atoms with Crippen LogP contribution >= 0.6 is 11.6 Å². The van der Waals surface area contributed by atoms with E-state index >= 15 is 0 Å². The average molecular weight is 248 g/mol. The Kier molecular flexibility index (Phi) is 3.62. The van der Waals surface area contributed by atoms with Crippen LogP contribution in [0.5, 0.6) is 0 Å². The van der Waals surface area contributed by atoms with Crippen molar-refractivity contribution in [1.82, 2.24) is 0 Å². The summed E-state index contributed by atoms with van der Waals surface area (Å²) in [5, 5.41) is 0.278. The van der Waals surface area contributed by atoms with Crippen molar-refractivity contribution in [3.8, 4) is 0 Å². The predicted octanol–water partition coefficient (Wildman–Crippen LogP) is 2.35. The minimum Gasteiger partial charge on any atom is -0.398 e. The van der Waals surface area contributed by atoms with Crippen molar-refractivity contribution in [1.29, 1.82) is 0 Å². The molecular formula is C10H14ClNO2S. The quantitative estimate of drug-likeness (QED) is 0.834. The largest absolute Gasteiger partial charge is 0.398 e. The van der Waals surface area contributed by atoms with E-state index in [0.717, 1.165) is 0 Å². The van der Waals surface area contributed by atoms with Gasteiger partial charge in [-0.25, -0.2) is 8.42 Å². The zero-order valence-corrected chi connectivity index (χ0v) is 10.3. The summed E-state index contributed by atoms with van der Waals surface area (Å²) in [6.45, 7) is 3.72. The Hall–Kier alpha value is -0.740. The molecule has 84 valence electrons. The van der Waals surface area contributed by atoms with Crippen LogP contribution in [0.15, 0.2) is 23.1 Å². The minimum absolute atomic E-state index is 0.0892. The van der Waals surface area contributed by atoms with Crippen LogP contribution in [0.2, 0.25) is 5.02 Å². The van der Waals surface area contributed by atoms with E-state index in [1.807, 2.05) is 13.8 Å². The maximum absolute atomic E-state index is 11.8. The Morgan fingerprint density at radius 2 is 2.00 bits per heavy atom. The Bertz CT molecular complexity index is 454. The molecule has 0 spiro atoms. The van der Waals surface area contributed by atoms with Gasteiger partial charge in [0.2, 0.25) is 0 Å². The van der Waals surface area contributed by atoms with E-state index in [1.54, 1.807) is 0 Å². The molecule has 0 bridgehead atoms. The molecule has 0 atom stereocenters. The van der Waals surface area contributed by atoms with E-state index in [9.17, 15) is 8.42 Å². The highest BCUT2D eigenvalue weighted by molar-refractivity contribution is 7.91. The third-order valence-corrected chi connectivity index (χ3v) is 4.29. The van der Waals surface area contributed by atoms with Gasteiger partial charge in [0.15, 0.2) is 9.84 Å². The summed E-state index contributed by atoms with van der Waals surface area (Å²) in [5.41, 5.74) is 5.90. The maximum Gasteiger partial charge on any atom is 0.178 e. The predicted molar refractivity (Wildman–Crippen MR) is 62.8 cm³/mol. The average Bonchev–Trinajstić information content (AvgIpc) is 2.07. The highest BCUT2D eigenvalue weighted by atomic mass is 35.5. The molecule has 0 radical (unpaired) electrons. The van der Waals surface area contributed by atoms with Gasteiger partial charge in [0.05, 0.1) is 21.4 Å². The molecule has 0 aliphatic rings. The van der Waals surface area contributed by atoms with E-state index in [2.05, 4.69) is 0 Å². The van der Waals surface area contributed by atoms with Crippen LogP contribution < -0.4 is 5.73 Å². The number of anilines is 1. The number of rotatable bonds is 3. The second-order valence-corrected chi connectivity index (χ2v) is 6.30. The molecule has 0 aromatic heterocycles. The van der Waals surface area contributed by atoms with E-state index in [4.69, 9.17) is 17.3 Å². The second-order valence-electron chi connectivity index (χ2n) is 3.86. The molecule has 5 heteroatoms. The van der Waals surface area contributed by atoms with Gasteiger partial charge in [0.1, 0.15) is 0 Å². The molecular weight excluding hydrogens is 234 g/mol. The first-order chi connectivity index (χ1) is 6.83. The number of sulfone groups is 1. The molecule has 0 fully saturated rings. The van der Waals surface area contributed by atoms with E-state index in [0.29, 0.717) is 5.69 Å². The molecule has 1 aromatic rings. The Balaban J connectivity index is 3.11. The summed E-state index contributed by atoms with van der Waals surface area (Å²) in [6.07, 6.45) is 0. The van der Waals surface area contributed by atoms with Crippen molar-refractivity contribution in [3.05, 3.63) is 23.2 Å². The molecule has 0 aliphatic carbocycles.